The van der Waals surface area contributed by atoms with Gasteiger partial charge in [0.05, 0.1) is 23.9 Å². The van der Waals surface area contributed by atoms with Crippen LogP contribution in [0, 0.1) is 13.8 Å². The number of esters is 1. The lowest BCUT2D eigenvalue weighted by Crippen LogP contribution is -2.22. The van der Waals surface area contributed by atoms with Crippen LogP contribution in [0.25, 0.3) is 5.52 Å². The van der Waals surface area contributed by atoms with Gasteiger partial charge in [0.15, 0.2) is 0 Å². The summed E-state index contributed by atoms with van der Waals surface area (Å²) in [5.74, 6) is 0.0769. The van der Waals surface area contributed by atoms with Crippen LogP contribution in [0.1, 0.15) is 35.5 Å². The van der Waals surface area contributed by atoms with Crippen molar-refractivity contribution in [3.8, 4) is 0 Å². The van der Waals surface area contributed by atoms with Crippen molar-refractivity contribution >= 4 is 28.8 Å². The molecule has 0 fully saturated rings. The fourth-order valence-corrected chi connectivity index (χ4v) is 3.00. The number of carbonyl (C=O) groups is 1. The normalized spacial score (nSPS) is 12.0. The zero-order chi connectivity index (χ0) is 21.0. The summed E-state index contributed by atoms with van der Waals surface area (Å²) in [6, 6.07) is 7.32. The molecule has 0 aliphatic heterocycles. The molecule has 1 unspecified atom stereocenters. The molecule has 0 saturated heterocycles. The molecule has 3 rings (SSSR count). The number of hydrogen-bond donors (Lipinski definition) is 3. The van der Waals surface area contributed by atoms with Crippen molar-refractivity contribution in [1.29, 1.82) is 0 Å². The minimum absolute atomic E-state index is 0.304. The van der Waals surface area contributed by atoms with E-state index in [4.69, 9.17) is 9.47 Å². The quantitative estimate of drug-likeness (QED) is 0.392. The molecule has 0 radical (unpaired) electrons. The molecule has 29 heavy (non-hydrogen) atoms. The average molecular weight is 399 g/mol. The van der Waals surface area contributed by atoms with Gasteiger partial charge in [-0.25, -0.2) is 4.79 Å². The van der Waals surface area contributed by atoms with Crippen molar-refractivity contribution in [1.82, 2.24) is 14.6 Å². The van der Waals surface area contributed by atoms with E-state index in [0.29, 0.717) is 36.1 Å². The molecule has 154 valence electrons. The molecule has 3 N–H and O–H groups in total. The highest BCUT2D eigenvalue weighted by Crippen LogP contribution is 2.26. The number of aryl methyl sites for hydroxylation is 2. The van der Waals surface area contributed by atoms with E-state index in [-0.39, 0.29) is 5.97 Å². The summed E-state index contributed by atoms with van der Waals surface area (Å²) in [6.45, 7) is 8.04. The van der Waals surface area contributed by atoms with Gasteiger partial charge in [-0.3, -0.25) is 4.40 Å². The largest absolute Gasteiger partial charge is 0.462 e. The first kappa shape index (κ1) is 20.6. The second-order valence-corrected chi connectivity index (χ2v) is 6.40. The van der Waals surface area contributed by atoms with Crippen LogP contribution in [0.2, 0.25) is 0 Å². The maximum absolute atomic E-state index is 12.2. The monoisotopic (exact) mass is 399 g/mol. The fourth-order valence-electron chi connectivity index (χ4n) is 3.00. The highest BCUT2D eigenvalue weighted by Gasteiger charge is 2.18. The number of fused-ring (bicyclic) bond motifs is 1. The van der Waals surface area contributed by atoms with E-state index in [1.807, 2.05) is 36.4 Å². The third-order valence-corrected chi connectivity index (χ3v) is 4.42. The zero-order valence-corrected chi connectivity index (χ0v) is 16.9. The lowest BCUT2D eigenvalue weighted by molar-refractivity contribution is -0.0730. The SMILES string of the molecule is CCOC(=O)c1cc2cnnc(Nc3cc(NC(O)OCC)ccc3C)n2c1C. The highest BCUT2D eigenvalue weighted by molar-refractivity contribution is 5.93. The number of aliphatic hydroxyl groups excluding tert-OH is 1. The molecule has 9 heteroatoms. The van der Waals surface area contributed by atoms with Crippen molar-refractivity contribution in [2.75, 3.05) is 23.8 Å². The Morgan fingerprint density at radius 2 is 2.03 bits per heavy atom. The molecule has 2 heterocycles. The smallest absolute Gasteiger partial charge is 0.339 e. The molecule has 9 nitrogen and oxygen atoms in total. The molecule has 0 saturated carbocycles. The molecule has 0 aliphatic rings. The van der Waals surface area contributed by atoms with Gasteiger partial charge in [0.25, 0.3) is 0 Å². The molecule has 3 aromatic rings. The standard InChI is InChI=1S/C20H25N5O4/c1-5-28-18(26)16-10-15-11-21-24-19(25(15)13(16)4)23-17-9-14(8-7-12(17)3)22-20(27)29-6-2/h7-11,20,22,27H,5-6H2,1-4H3,(H,23,24). The molecule has 0 amide bonds. The van der Waals surface area contributed by atoms with Crippen LogP contribution in [0.3, 0.4) is 0 Å². The minimum Gasteiger partial charge on any atom is -0.462 e. The predicted molar refractivity (Wildman–Crippen MR) is 109 cm³/mol. The summed E-state index contributed by atoms with van der Waals surface area (Å²) in [7, 11) is 0. The zero-order valence-electron chi connectivity index (χ0n) is 16.9. The van der Waals surface area contributed by atoms with Crippen LogP contribution in [0.4, 0.5) is 17.3 Å². The van der Waals surface area contributed by atoms with E-state index in [1.54, 1.807) is 26.1 Å². The minimum atomic E-state index is -1.10. The number of rotatable bonds is 8. The van der Waals surface area contributed by atoms with Crippen molar-refractivity contribution in [3.63, 3.8) is 0 Å². The van der Waals surface area contributed by atoms with Gasteiger partial charge in [-0.2, -0.15) is 5.10 Å². The van der Waals surface area contributed by atoms with Crippen molar-refractivity contribution in [3.05, 3.63) is 47.3 Å². The number of carbonyl (C=O) groups excluding carboxylic acids is 1. The second-order valence-electron chi connectivity index (χ2n) is 6.40. The molecule has 0 aliphatic carbocycles. The third kappa shape index (κ3) is 4.47. The molecule has 0 spiro atoms. The summed E-state index contributed by atoms with van der Waals surface area (Å²) >= 11 is 0. The number of ether oxygens (including phenoxy) is 2. The van der Waals surface area contributed by atoms with Crippen molar-refractivity contribution < 1.29 is 19.4 Å². The highest BCUT2D eigenvalue weighted by atomic mass is 16.6. The summed E-state index contributed by atoms with van der Waals surface area (Å²) in [5.41, 5.74) is 4.31. The first-order valence-corrected chi connectivity index (χ1v) is 9.39. The van der Waals surface area contributed by atoms with E-state index in [9.17, 15) is 9.90 Å². The topological polar surface area (TPSA) is 110 Å². The maximum Gasteiger partial charge on any atom is 0.339 e. The molecule has 1 aromatic carbocycles. The Kier molecular flexibility index (Phi) is 6.30. The lowest BCUT2D eigenvalue weighted by Gasteiger charge is -2.16. The van der Waals surface area contributed by atoms with Crippen LogP contribution >= 0.6 is 0 Å². The van der Waals surface area contributed by atoms with Gasteiger partial charge in [0.2, 0.25) is 12.4 Å². The van der Waals surface area contributed by atoms with Gasteiger partial charge in [0, 0.05) is 23.7 Å². The number of nitrogens with one attached hydrogen (secondary N) is 2. The van der Waals surface area contributed by atoms with Crippen molar-refractivity contribution in [2.45, 2.75) is 34.1 Å². The van der Waals surface area contributed by atoms with Gasteiger partial charge in [0.1, 0.15) is 0 Å². The van der Waals surface area contributed by atoms with Crippen LogP contribution in [-0.2, 0) is 9.47 Å². The number of hydrogen-bond acceptors (Lipinski definition) is 8. The molecular formula is C20H25N5O4. The first-order chi connectivity index (χ1) is 13.9. The maximum atomic E-state index is 12.2. The number of nitrogens with zero attached hydrogens (tertiary/aromatic N) is 3. The van der Waals surface area contributed by atoms with Crippen LogP contribution in [0.15, 0.2) is 30.5 Å². The number of anilines is 3. The van der Waals surface area contributed by atoms with E-state index < -0.39 is 6.41 Å². The van der Waals surface area contributed by atoms with E-state index in [2.05, 4.69) is 20.8 Å². The predicted octanol–water partition coefficient (Wildman–Crippen LogP) is 2.99. The van der Waals surface area contributed by atoms with Gasteiger partial charge < -0.3 is 25.2 Å². The fraction of sp³-hybridized carbons (Fsp3) is 0.350. The number of aliphatic hydroxyl groups is 1. The van der Waals surface area contributed by atoms with Gasteiger partial charge in [-0.1, -0.05) is 6.07 Å². The molecular weight excluding hydrogens is 374 g/mol. The average Bonchev–Trinajstić information content (AvgIpc) is 3.03. The summed E-state index contributed by atoms with van der Waals surface area (Å²) in [6.07, 6.45) is 0.488. The molecule has 1 atom stereocenters. The molecule has 2 aromatic heterocycles. The summed E-state index contributed by atoms with van der Waals surface area (Å²) < 4.78 is 12.1. The summed E-state index contributed by atoms with van der Waals surface area (Å²) in [5, 5.41) is 24.2. The first-order valence-electron chi connectivity index (χ1n) is 9.39. The molecule has 0 bridgehead atoms. The van der Waals surface area contributed by atoms with Crippen molar-refractivity contribution in [2.24, 2.45) is 0 Å². The lowest BCUT2D eigenvalue weighted by atomic mass is 10.2. The van der Waals surface area contributed by atoms with E-state index >= 15 is 0 Å². The Bertz CT molecular complexity index is 1020. The van der Waals surface area contributed by atoms with E-state index in [0.717, 1.165) is 16.8 Å². The van der Waals surface area contributed by atoms with Gasteiger partial charge in [-0.15, -0.1) is 5.10 Å². The van der Waals surface area contributed by atoms with Crippen LogP contribution in [0.5, 0.6) is 0 Å². The van der Waals surface area contributed by atoms with Crippen LogP contribution in [-0.4, -0.2) is 45.3 Å². The Morgan fingerprint density at radius 1 is 1.24 bits per heavy atom. The van der Waals surface area contributed by atoms with E-state index in [1.165, 1.54) is 0 Å². The Morgan fingerprint density at radius 3 is 2.76 bits per heavy atom. The van der Waals surface area contributed by atoms with Crippen LogP contribution < -0.4 is 10.6 Å². The Hall–Kier alpha value is -3.17. The second kappa shape index (κ2) is 8.89. The number of benzene rings is 1. The Balaban J connectivity index is 1.95. The number of aromatic nitrogens is 3. The van der Waals surface area contributed by atoms with Gasteiger partial charge >= 0.3 is 5.97 Å². The third-order valence-electron chi connectivity index (χ3n) is 4.42. The Labute approximate surface area is 168 Å². The van der Waals surface area contributed by atoms with Gasteiger partial charge in [-0.05, 0) is 51.5 Å². The summed E-state index contributed by atoms with van der Waals surface area (Å²) in [4.78, 5) is 12.2.